The summed E-state index contributed by atoms with van der Waals surface area (Å²) < 4.78 is 30.3. The molecule has 0 spiro atoms. The molecule has 2 heterocycles. The van der Waals surface area contributed by atoms with Crippen molar-refractivity contribution in [2.24, 2.45) is 0 Å². The van der Waals surface area contributed by atoms with E-state index in [1.165, 1.54) is 24.1 Å². The zero-order valence-corrected chi connectivity index (χ0v) is 19.3. The summed E-state index contributed by atoms with van der Waals surface area (Å²) in [4.78, 5) is 14.6. The van der Waals surface area contributed by atoms with Crippen molar-refractivity contribution in [1.29, 1.82) is 0 Å². The molecule has 0 unspecified atom stereocenters. The Morgan fingerprint density at radius 2 is 2.03 bits per heavy atom. The third-order valence-electron chi connectivity index (χ3n) is 4.14. The highest BCUT2D eigenvalue weighted by Gasteiger charge is 2.25. The Balaban J connectivity index is 0.000000423. The summed E-state index contributed by atoms with van der Waals surface area (Å²) in [6, 6.07) is 6.40. The number of alkyl halides is 2. The zero-order valence-electron chi connectivity index (χ0n) is 17.7. The molecule has 0 radical (unpaired) electrons. The molecule has 2 aromatic rings. The van der Waals surface area contributed by atoms with Gasteiger partial charge in [-0.1, -0.05) is 30.7 Å². The predicted molar refractivity (Wildman–Crippen MR) is 120 cm³/mol. The molecule has 0 saturated heterocycles. The number of hydrogen-bond donors (Lipinski definition) is 0. The van der Waals surface area contributed by atoms with Crippen LogP contribution in [0.2, 0.25) is 0 Å². The normalized spacial score (nSPS) is 13.4. The van der Waals surface area contributed by atoms with Gasteiger partial charge in [-0.25, -0.2) is 4.09 Å². The fourth-order valence-electron chi connectivity index (χ4n) is 2.74. The van der Waals surface area contributed by atoms with Crippen LogP contribution in [-0.2, 0) is 17.9 Å². The van der Waals surface area contributed by atoms with Gasteiger partial charge in [-0.15, -0.1) is 0 Å². The van der Waals surface area contributed by atoms with E-state index in [0.717, 1.165) is 27.6 Å². The Hall–Kier alpha value is -2.32. The second-order valence-corrected chi connectivity index (χ2v) is 8.35. The maximum Gasteiger partial charge on any atom is 0.387 e. The summed E-state index contributed by atoms with van der Waals surface area (Å²) >= 11 is 6.84. The SMILES string of the molecule is C/C=C\C=C(/C)Cl.CCCC(=O)N1Cc2cn(Sc3ccc(OC(F)F)cc3)nc2C1. The molecular weight excluding hydrogens is 444 g/mol. The second kappa shape index (κ2) is 12.5. The second-order valence-electron chi connectivity index (χ2n) is 6.72. The van der Waals surface area contributed by atoms with Crippen molar-refractivity contribution in [3.05, 3.63) is 65.0 Å². The van der Waals surface area contributed by atoms with Crippen molar-refractivity contribution in [3.8, 4) is 5.75 Å². The Morgan fingerprint density at radius 3 is 2.55 bits per heavy atom. The minimum Gasteiger partial charge on any atom is -0.435 e. The van der Waals surface area contributed by atoms with E-state index in [1.54, 1.807) is 16.2 Å². The molecule has 0 atom stereocenters. The average Bonchev–Trinajstić information content (AvgIpc) is 3.27. The zero-order chi connectivity index (χ0) is 22.8. The minimum absolute atomic E-state index is 0.127. The maximum absolute atomic E-state index is 12.1. The fraction of sp³-hybridized carbons (Fsp3) is 0.364. The summed E-state index contributed by atoms with van der Waals surface area (Å²) in [5, 5.41) is 5.30. The van der Waals surface area contributed by atoms with Gasteiger partial charge in [0.15, 0.2) is 0 Å². The number of hydrogen-bond acceptors (Lipinski definition) is 4. The highest BCUT2D eigenvalue weighted by atomic mass is 35.5. The molecule has 0 aliphatic carbocycles. The first-order valence-electron chi connectivity index (χ1n) is 9.85. The molecule has 1 aromatic carbocycles. The number of rotatable bonds is 7. The van der Waals surface area contributed by atoms with E-state index in [1.807, 2.05) is 50.1 Å². The molecule has 9 heteroatoms. The van der Waals surface area contributed by atoms with E-state index in [0.29, 0.717) is 19.5 Å². The Kier molecular flexibility index (Phi) is 10.1. The lowest BCUT2D eigenvalue weighted by Gasteiger charge is -2.14. The number of ether oxygens (including phenoxy) is 1. The van der Waals surface area contributed by atoms with Crippen LogP contribution in [0.5, 0.6) is 5.75 Å². The predicted octanol–water partition coefficient (Wildman–Crippen LogP) is 6.39. The van der Waals surface area contributed by atoms with Crippen LogP contribution in [-0.4, -0.2) is 26.6 Å². The minimum atomic E-state index is -2.82. The first kappa shape index (κ1) is 24.9. The summed E-state index contributed by atoms with van der Waals surface area (Å²) in [7, 11) is 0. The van der Waals surface area contributed by atoms with Crippen LogP contribution < -0.4 is 4.74 Å². The van der Waals surface area contributed by atoms with Gasteiger partial charge >= 0.3 is 6.61 Å². The van der Waals surface area contributed by atoms with Crippen molar-refractivity contribution in [2.75, 3.05) is 0 Å². The van der Waals surface area contributed by atoms with Crippen LogP contribution in [0.1, 0.15) is 44.9 Å². The van der Waals surface area contributed by atoms with Crippen LogP contribution >= 0.6 is 23.5 Å². The Bertz CT molecular complexity index is 886. The fourth-order valence-corrected chi connectivity index (χ4v) is 3.61. The van der Waals surface area contributed by atoms with Crippen molar-refractivity contribution >= 4 is 29.5 Å². The summed E-state index contributed by atoms with van der Waals surface area (Å²) in [5.41, 5.74) is 1.95. The van der Waals surface area contributed by atoms with Gasteiger partial charge in [-0.2, -0.15) is 13.9 Å². The molecular formula is C22H26ClF2N3O2S. The standard InChI is InChI=1S/C16H17F2N3O2S.C6H9Cl/c1-2-3-15(22)20-8-11-9-21(19-14(11)10-20)24-13-6-4-12(5-7-13)23-16(17)18;1-3-4-5-6(2)7/h4-7,9,16H,2-3,8,10H2,1H3;3-5H,1-2H3/b;4-3-,6-5+. The lowest BCUT2D eigenvalue weighted by Crippen LogP contribution is -2.25. The molecule has 1 aliphatic heterocycles. The molecule has 1 amide bonds. The van der Waals surface area contributed by atoms with E-state index < -0.39 is 6.61 Å². The Labute approximate surface area is 190 Å². The average molecular weight is 470 g/mol. The van der Waals surface area contributed by atoms with E-state index in [4.69, 9.17) is 11.6 Å². The molecule has 1 aromatic heterocycles. The molecule has 3 rings (SSSR count). The summed E-state index contributed by atoms with van der Waals surface area (Å²) in [6.45, 7) is 4.11. The number of fused-ring (bicyclic) bond motifs is 1. The van der Waals surface area contributed by atoms with Crippen molar-refractivity contribution in [3.63, 3.8) is 0 Å². The van der Waals surface area contributed by atoms with Gasteiger partial charge in [0.25, 0.3) is 0 Å². The van der Waals surface area contributed by atoms with Crippen molar-refractivity contribution < 1.29 is 18.3 Å². The number of carbonyl (C=O) groups excluding carboxylic acids is 1. The van der Waals surface area contributed by atoms with E-state index in [-0.39, 0.29) is 11.7 Å². The number of amides is 1. The van der Waals surface area contributed by atoms with Crippen molar-refractivity contribution in [1.82, 2.24) is 14.1 Å². The van der Waals surface area contributed by atoms with Gasteiger partial charge in [0, 0.05) is 46.6 Å². The smallest absolute Gasteiger partial charge is 0.387 e. The van der Waals surface area contributed by atoms with Gasteiger partial charge in [-0.3, -0.25) is 4.79 Å². The molecule has 0 fully saturated rings. The van der Waals surface area contributed by atoms with Crippen LogP contribution in [0.25, 0.3) is 0 Å². The summed E-state index contributed by atoms with van der Waals surface area (Å²) in [5.74, 6) is 0.284. The molecule has 168 valence electrons. The van der Waals surface area contributed by atoms with E-state index >= 15 is 0 Å². The number of halogens is 3. The quantitative estimate of drug-likeness (QED) is 0.441. The molecule has 0 bridgehead atoms. The lowest BCUT2D eigenvalue weighted by molar-refractivity contribution is -0.131. The third-order valence-corrected chi connectivity index (χ3v) is 5.12. The van der Waals surface area contributed by atoms with Gasteiger partial charge in [0.05, 0.1) is 12.2 Å². The first-order chi connectivity index (χ1) is 14.8. The monoisotopic (exact) mass is 469 g/mol. The highest BCUT2D eigenvalue weighted by Crippen LogP contribution is 2.28. The van der Waals surface area contributed by atoms with Crippen LogP contribution in [0, 0.1) is 0 Å². The van der Waals surface area contributed by atoms with Gasteiger partial charge in [0.2, 0.25) is 5.91 Å². The van der Waals surface area contributed by atoms with E-state index in [2.05, 4.69) is 9.84 Å². The molecule has 0 saturated carbocycles. The van der Waals surface area contributed by atoms with Gasteiger partial charge in [-0.05, 0) is 50.6 Å². The number of allylic oxidation sites excluding steroid dienone is 4. The molecule has 1 aliphatic rings. The first-order valence-corrected chi connectivity index (χ1v) is 11.0. The summed E-state index contributed by atoms with van der Waals surface area (Å²) in [6.07, 6.45) is 9.00. The largest absolute Gasteiger partial charge is 0.435 e. The molecule has 31 heavy (non-hydrogen) atoms. The number of aromatic nitrogens is 2. The topological polar surface area (TPSA) is 47.4 Å². The van der Waals surface area contributed by atoms with Crippen LogP contribution in [0.4, 0.5) is 8.78 Å². The molecule has 5 nitrogen and oxygen atoms in total. The third kappa shape index (κ3) is 8.38. The number of nitrogens with zero attached hydrogens (tertiary/aromatic N) is 3. The van der Waals surface area contributed by atoms with Gasteiger partial charge < -0.3 is 9.64 Å². The van der Waals surface area contributed by atoms with Gasteiger partial charge in [0.1, 0.15) is 5.75 Å². The van der Waals surface area contributed by atoms with Crippen LogP contribution in [0.15, 0.2) is 58.6 Å². The lowest BCUT2D eigenvalue weighted by atomic mass is 10.3. The van der Waals surface area contributed by atoms with Crippen molar-refractivity contribution in [2.45, 2.75) is 58.2 Å². The maximum atomic E-state index is 12.1. The molecule has 0 N–H and O–H groups in total. The van der Waals surface area contributed by atoms with Crippen LogP contribution in [0.3, 0.4) is 0 Å². The number of carbonyl (C=O) groups is 1. The van der Waals surface area contributed by atoms with E-state index in [9.17, 15) is 13.6 Å². The highest BCUT2D eigenvalue weighted by molar-refractivity contribution is 7.97. The number of benzene rings is 1. The Morgan fingerprint density at radius 1 is 1.32 bits per heavy atom.